The zero-order valence-electron chi connectivity index (χ0n) is 16.8. The number of carbonyl (C=O) groups excluding carboxylic acids is 1. The maximum atomic E-state index is 12.0. The van der Waals surface area contributed by atoms with Gasteiger partial charge in [0.25, 0.3) is 0 Å². The molecule has 1 aromatic heterocycles. The van der Waals surface area contributed by atoms with Crippen LogP contribution in [0.3, 0.4) is 0 Å². The summed E-state index contributed by atoms with van der Waals surface area (Å²) in [5.41, 5.74) is 1.97. The predicted octanol–water partition coefficient (Wildman–Crippen LogP) is 2.26. The maximum Gasteiger partial charge on any atom is 0.409 e. The molecule has 0 N–H and O–H groups in total. The van der Waals surface area contributed by atoms with E-state index in [1.54, 1.807) is 4.90 Å². The zero-order chi connectivity index (χ0) is 20.1. The van der Waals surface area contributed by atoms with Gasteiger partial charge >= 0.3 is 6.09 Å². The number of morpholine rings is 1. The number of hydrogen-bond acceptors (Lipinski definition) is 7. The van der Waals surface area contributed by atoms with Gasteiger partial charge in [-0.05, 0) is 6.92 Å². The highest BCUT2D eigenvalue weighted by atomic mass is 16.6. The summed E-state index contributed by atoms with van der Waals surface area (Å²) < 4.78 is 10.6. The number of rotatable bonds is 4. The highest BCUT2D eigenvalue weighted by molar-refractivity contribution is 5.68. The van der Waals surface area contributed by atoms with Gasteiger partial charge in [0.05, 0.1) is 25.5 Å². The highest BCUT2D eigenvalue weighted by Gasteiger charge is 2.24. The molecule has 2 aliphatic rings. The number of ether oxygens (including phenoxy) is 2. The standard InChI is InChI=1S/C21H27N5O3/c1-2-29-21(27)26-10-8-24(9-11-26)19-16-18(17-6-4-3-5-7-17)22-20(23-19)25-12-14-28-15-13-25/h3-7,16H,2,8-15H2,1H3. The van der Waals surface area contributed by atoms with Gasteiger partial charge in [-0.25, -0.2) is 9.78 Å². The van der Waals surface area contributed by atoms with Crippen molar-refractivity contribution >= 4 is 17.9 Å². The third-order valence-electron chi connectivity index (χ3n) is 5.19. The quantitative estimate of drug-likeness (QED) is 0.784. The molecule has 4 rings (SSSR count). The molecular formula is C21H27N5O3. The van der Waals surface area contributed by atoms with Crippen molar-refractivity contribution in [2.75, 3.05) is 68.9 Å². The SMILES string of the molecule is CCOC(=O)N1CCN(c2cc(-c3ccccc3)nc(N3CCOCC3)n2)CC1. The van der Waals surface area contributed by atoms with Gasteiger partial charge in [0, 0.05) is 50.9 Å². The van der Waals surface area contributed by atoms with E-state index in [4.69, 9.17) is 19.4 Å². The Hall–Kier alpha value is -2.87. The molecule has 2 saturated heterocycles. The Bertz CT molecular complexity index is 818. The van der Waals surface area contributed by atoms with Crippen LogP contribution >= 0.6 is 0 Å². The fraction of sp³-hybridized carbons (Fsp3) is 0.476. The Morgan fingerprint density at radius 1 is 1.00 bits per heavy atom. The van der Waals surface area contributed by atoms with Gasteiger partial charge in [0.1, 0.15) is 5.82 Å². The average molecular weight is 397 g/mol. The molecule has 2 aliphatic heterocycles. The van der Waals surface area contributed by atoms with Crippen molar-refractivity contribution < 1.29 is 14.3 Å². The molecule has 3 heterocycles. The van der Waals surface area contributed by atoms with Crippen LogP contribution in [0.2, 0.25) is 0 Å². The van der Waals surface area contributed by atoms with Crippen molar-refractivity contribution in [3.63, 3.8) is 0 Å². The molecule has 0 atom stereocenters. The van der Waals surface area contributed by atoms with Crippen LogP contribution in [0.1, 0.15) is 6.92 Å². The number of hydrogen-bond donors (Lipinski definition) is 0. The molecule has 0 aliphatic carbocycles. The number of piperazine rings is 1. The number of nitrogens with zero attached hydrogens (tertiary/aromatic N) is 5. The summed E-state index contributed by atoms with van der Waals surface area (Å²) in [5, 5.41) is 0. The molecule has 2 fully saturated rings. The first-order chi connectivity index (χ1) is 14.2. The van der Waals surface area contributed by atoms with Crippen molar-refractivity contribution in [1.29, 1.82) is 0 Å². The summed E-state index contributed by atoms with van der Waals surface area (Å²) in [6.07, 6.45) is -0.242. The number of aromatic nitrogens is 2. The second kappa shape index (κ2) is 9.09. The van der Waals surface area contributed by atoms with Gasteiger partial charge in [-0.2, -0.15) is 4.98 Å². The molecule has 0 saturated carbocycles. The Labute approximate surface area is 171 Å². The van der Waals surface area contributed by atoms with E-state index < -0.39 is 0 Å². The van der Waals surface area contributed by atoms with Crippen molar-refractivity contribution in [2.24, 2.45) is 0 Å². The van der Waals surface area contributed by atoms with Gasteiger partial charge in [-0.15, -0.1) is 0 Å². The monoisotopic (exact) mass is 397 g/mol. The van der Waals surface area contributed by atoms with Gasteiger partial charge in [-0.3, -0.25) is 0 Å². The molecule has 0 radical (unpaired) electrons. The summed E-state index contributed by atoms with van der Waals surface area (Å²) >= 11 is 0. The van der Waals surface area contributed by atoms with Crippen LogP contribution in [-0.2, 0) is 9.47 Å². The van der Waals surface area contributed by atoms with Crippen LogP contribution in [0.4, 0.5) is 16.6 Å². The number of anilines is 2. The number of benzene rings is 1. The fourth-order valence-corrected chi connectivity index (χ4v) is 3.58. The smallest absolute Gasteiger partial charge is 0.409 e. The van der Waals surface area contributed by atoms with E-state index in [2.05, 4.69) is 21.9 Å². The van der Waals surface area contributed by atoms with E-state index in [9.17, 15) is 4.79 Å². The summed E-state index contributed by atoms with van der Waals surface area (Å²) in [5.74, 6) is 1.63. The van der Waals surface area contributed by atoms with E-state index in [0.29, 0.717) is 46.0 Å². The first-order valence-electron chi connectivity index (χ1n) is 10.2. The average Bonchev–Trinajstić information content (AvgIpc) is 2.80. The molecule has 0 bridgehead atoms. The highest BCUT2D eigenvalue weighted by Crippen LogP contribution is 2.26. The Morgan fingerprint density at radius 3 is 2.41 bits per heavy atom. The van der Waals surface area contributed by atoms with Crippen molar-refractivity contribution in [2.45, 2.75) is 6.92 Å². The van der Waals surface area contributed by atoms with Crippen molar-refractivity contribution in [1.82, 2.24) is 14.9 Å². The zero-order valence-corrected chi connectivity index (χ0v) is 16.8. The largest absolute Gasteiger partial charge is 0.450 e. The van der Waals surface area contributed by atoms with E-state index in [0.717, 1.165) is 36.1 Å². The molecular weight excluding hydrogens is 370 g/mol. The number of amides is 1. The lowest BCUT2D eigenvalue weighted by Gasteiger charge is -2.35. The molecule has 2 aromatic rings. The normalized spacial score (nSPS) is 17.3. The summed E-state index contributed by atoms with van der Waals surface area (Å²) in [6.45, 7) is 7.84. The summed E-state index contributed by atoms with van der Waals surface area (Å²) in [7, 11) is 0. The maximum absolute atomic E-state index is 12.0. The van der Waals surface area contributed by atoms with Crippen LogP contribution < -0.4 is 9.80 Å². The molecule has 1 aromatic carbocycles. The van der Waals surface area contributed by atoms with E-state index in [1.807, 2.05) is 31.2 Å². The van der Waals surface area contributed by atoms with Crippen molar-refractivity contribution in [3.8, 4) is 11.3 Å². The van der Waals surface area contributed by atoms with E-state index in [-0.39, 0.29) is 6.09 Å². The lowest BCUT2D eigenvalue weighted by atomic mass is 10.1. The van der Waals surface area contributed by atoms with E-state index in [1.165, 1.54) is 0 Å². The minimum absolute atomic E-state index is 0.242. The topological polar surface area (TPSA) is 71.0 Å². The summed E-state index contributed by atoms with van der Waals surface area (Å²) in [6, 6.07) is 12.2. The minimum atomic E-state index is -0.242. The molecule has 154 valence electrons. The van der Waals surface area contributed by atoms with Crippen LogP contribution in [0, 0.1) is 0 Å². The fourth-order valence-electron chi connectivity index (χ4n) is 3.58. The Kier molecular flexibility index (Phi) is 6.09. The molecule has 8 heteroatoms. The van der Waals surface area contributed by atoms with Crippen LogP contribution in [0.5, 0.6) is 0 Å². The summed E-state index contributed by atoms with van der Waals surface area (Å²) in [4.78, 5) is 27.8. The second-order valence-electron chi connectivity index (χ2n) is 7.05. The van der Waals surface area contributed by atoms with Crippen LogP contribution in [0.25, 0.3) is 11.3 Å². The van der Waals surface area contributed by atoms with Crippen LogP contribution in [0.15, 0.2) is 36.4 Å². The van der Waals surface area contributed by atoms with Gasteiger partial charge in [-0.1, -0.05) is 30.3 Å². The molecule has 0 unspecified atom stereocenters. The molecule has 29 heavy (non-hydrogen) atoms. The van der Waals surface area contributed by atoms with Crippen molar-refractivity contribution in [3.05, 3.63) is 36.4 Å². The predicted molar refractivity (Wildman–Crippen MR) is 111 cm³/mol. The Morgan fingerprint density at radius 2 is 1.72 bits per heavy atom. The third-order valence-corrected chi connectivity index (χ3v) is 5.19. The lowest BCUT2D eigenvalue weighted by molar-refractivity contribution is 0.105. The first kappa shape index (κ1) is 19.4. The molecule has 8 nitrogen and oxygen atoms in total. The third kappa shape index (κ3) is 4.59. The van der Waals surface area contributed by atoms with Gasteiger partial charge < -0.3 is 24.2 Å². The van der Waals surface area contributed by atoms with Crippen LogP contribution in [-0.4, -0.2) is 80.1 Å². The number of carbonyl (C=O) groups is 1. The molecule has 1 amide bonds. The molecule has 0 spiro atoms. The van der Waals surface area contributed by atoms with Gasteiger partial charge in [0.2, 0.25) is 5.95 Å². The first-order valence-corrected chi connectivity index (χ1v) is 10.2. The second-order valence-corrected chi connectivity index (χ2v) is 7.05. The van der Waals surface area contributed by atoms with E-state index >= 15 is 0 Å². The Balaban J connectivity index is 1.58. The minimum Gasteiger partial charge on any atom is -0.450 e. The lowest BCUT2D eigenvalue weighted by Crippen LogP contribution is -2.49. The van der Waals surface area contributed by atoms with Gasteiger partial charge in [0.15, 0.2) is 0 Å².